The fourth-order valence-corrected chi connectivity index (χ4v) is 3.94. The smallest absolute Gasteiger partial charge is 0.241 e. The molecular formula is C14H21N3O3S. The molecule has 2 rings (SSSR count). The van der Waals surface area contributed by atoms with Crippen molar-refractivity contribution in [3.05, 3.63) is 29.3 Å². The van der Waals surface area contributed by atoms with Gasteiger partial charge in [-0.1, -0.05) is 12.1 Å². The summed E-state index contributed by atoms with van der Waals surface area (Å²) in [7, 11) is -3.70. The second kappa shape index (κ2) is 6.55. The lowest BCUT2D eigenvalue weighted by Gasteiger charge is -2.21. The first-order valence-corrected chi connectivity index (χ1v) is 8.55. The Morgan fingerprint density at radius 3 is 2.90 bits per heavy atom. The number of rotatable bonds is 5. The Labute approximate surface area is 125 Å². The second-order valence-electron chi connectivity index (χ2n) is 5.06. The number of hydrogen-bond donors (Lipinski definition) is 3. The highest BCUT2D eigenvalue weighted by Crippen LogP contribution is 2.22. The van der Waals surface area contributed by atoms with Crippen LogP contribution in [0.15, 0.2) is 23.1 Å². The third-order valence-electron chi connectivity index (χ3n) is 3.46. The molecule has 1 aliphatic rings. The summed E-state index contributed by atoms with van der Waals surface area (Å²) in [5.74, 6) is -0.326. The zero-order valence-electron chi connectivity index (χ0n) is 12.3. The number of fused-ring (bicyclic) bond motifs is 1. The number of nitrogens with one attached hydrogen (secondary N) is 3. The average molecular weight is 311 g/mol. The normalized spacial score (nSPS) is 16.1. The van der Waals surface area contributed by atoms with Crippen molar-refractivity contribution < 1.29 is 13.2 Å². The minimum absolute atomic E-state index is 0.276. The van der Waals surface area contributed by atoms with E-state index in [-0.39, 0.29) is 10.8 Å². The molecule has 6 nitrogen and oxygen atoms in total. The average Bonchev–Trinajstić information content (AvgIpc) is 2.46. The maximum atomic E-state index is 12.5. The van der Waals surface area contributed by atoms with Crippen molar-refractivity contribution in [1.29, 1.82) is 0 Å². The monoisotopic (exact) mass is 311 g/mol. The van der Waals surface area contributed by atoms with Crippen LogP contribution >= 0.6 is 0 Å². The van der Waals surface area contributed by atoms with Gasteiger partial charge in [0.1, 0.15) is 0 Å². The molecule has 0 fully saturated rings. The van der Waals surface area contributed by atoms with Crippen molar-refractivity contribution in [3.63, 3.8) is 0 Å². The van der Waals surface area contributed by atoms with E-state index in [0.717, 1.165) is 17.7 Å². The molecule has 1 aliphatic heterocycles. The molecule has 0 aliphatic carbocycles. The summed E-state index contributed by atoms with van der Waals surface area (Å²) in [6, 6.07) is 4.45. The van der Waals surface area contributed by atoms with Crippen LogP contribution in [0.3, 0.4) is 0 Å². The van der Waals surface area contributed by atoms with Crippen molar-refractivity contribution in [3.8, 4) is 0 Å². The molecule has 1 aromatic rings. The van der Waals surface area contributed by atoms with Crippen LogP contribution in [0.5, 0.6) is 0 Å². The van der Waals surface area contributed by atoms with E-state index in [1.54, 1.807) is 26.0 Å². The van der Waals surface area contributed by atoms with E-state index in [4.69, 9.17) is 0 Å². The first-order valence-electron chi connectivity index (χ1n) is 7.07. The fraction of sp³-hybridized carbons (Fsp3) is 0.500. The molecule has 1 atom stereocenters. The molecule has 116 valence electrons. The molecule has 0 bridgehead atoms. The topological polar surface area (TPSA) is 87.3 Å². The van der Waals surface area contributed by atoms with E-state index in [1.807, 2.05) is 6.07 Å². The van der Waals surface area contributed by atoms with Crippen LogP contribution in [0.2, 0.25) is 0 Å². The Bertz CT molecular complexity index is 628. The molecule has 0 saturated carbocycles. The minimum Gasteiger partial charge on any atom is -0.355 e. The molecule has 0 radical (unpaired) electrons. The lowest BCUT2D eigenvalue weighted by atomic mass is 10.0. The number of sulfonamides is 1. The Balaban J connectivity index is 2.26. The number of hydrogen-bond acceptors (Lipinski definition) is 4. The highest BCUT2D eigenvalue weighted by atomic mass is 32.2. The summed E-state index contributed by atoms with van der Waals surface area (Å²) in [6.07, 6.45) is 0.669. The summed E-state index contributed by atoms with van der Waals surface area (Å²) in [5.41, 5.74) is 1.83. The number of likely N-dealkylation sites (N-methyl/N-ethyl adjacent to an activating group) is 1. The predicted octanol–water partition coefficient (Wildman–Crippen LogP) is 0.135. The van der Waals surface area contributed by atoms with Gasteiger partial charge in [0.25, 0.3) is 0 Å². The van der Waals surface area contributed by atoms with Gasteiger partial charge >= 0.3 is 0 Å². The van der Waals surface area contributed by atoms with Gasteiger partial charge in [0, 0.05) is 13.1 Å². The zero-order chi connectivity index (χ0) is 15.5. The standard InChI is InChI=1S/C14H21N3O3S/c1-3-16-14(18)10(2)17-21(19,20)13-6-4-5-11-9-15-8-7-12(11)13/h4-6,10,15,17H,3,7-9H2,1-2H3,(H,16,18). The quantitative estimate of drug-likeness (QED) is 0.721. The lowest BCUT2D eigenvalue weighted by Crippen LogP contribution is -2.45. The zero-order valence-corrected chi connectivity index (χ0v) is 13.1. The summed E-state index contributed by atoms with van der Waals surface area (Å²) in [6.45, 7) is 5.23. The minimum atomic E-state index is -3.70. The van der Waals surface area contributed by atoms with Crippen molar-refractivity contribution in [1.82, 2.24) is 15.4 Å². The van der Waals surface area contributed by atoms with E-state index >= 15 is 0 Å². The van der Waals surface area contributed by atoms with Gasteiger partial charge in [-0.05, 0) is 44.0 Å². The molecule has 1 aromatic carbocycles. The van der Waals surface area contributed by atoms with Gasteiger partial charge in [0.15, 0.2) is 0 Å². The Morgan fingerprint density at radius 2 is 2.19 bits per heavy atom. The van der Waals surface area contributed by atoms with Gasteiger partial charge in [-0.15, -0.1) is 0 Å². The predicted molar refractivity (Wildman–Crippen MR) is 80.3 cm³/mol. The van der Waals surface area contributed by atoms with Crippen LogP contribution in [0, 0.1) is 0 Å². The molecule has 1 heterocycles. The highest BCUT2D eigenvalue weighted by molar-refractivity contribution is 7.89. The Morgan fingerprint density at radius 1 is 1.43 bits per heavy atom. The van der Waals surface area contributed by atoms with E-state index in [2.05, 4.69) is 15.4 Å². The summed E-state index contributed by atoms with van der Waals surface area (Å²) >= 11 is 0. The van der Waals surface area contributed by atoms with Gasteiger partial charge in [-0.2, -0.15) is 4.72 Å². The third kappa shape index (κ3) is 3.61. The van der Waals surface area contributed by atoms with Crippen molar-refractivity contribution in [2.45, 2.75) is 37.8 Å². The molecule has 1 unspecified atom stereocenters. The van der Waals surface area contributed by atoms with Crippen LogP contribution in [0.25, 0.3) is 0 Å². The number of benzene rings is 1. The SMILES string of the molecule is CCNC(=O)C(C)NS(=O)(=O)c1cccc2c1CCNC2. The van der Waals surface area contributed by atoms with Gasteiger partial charge in [0.2, 0.25) is 15.9 Å². The maximum Gasteiger partial charge on any atom is 0.241 e. The molecule has 7 heteroatoms. The Hall–Kier alpha value is -1.44. The second-order valence-corrected chi connectivity index (χ2v) is 6.74. The van der Waals surface area contributed by atoms with Crippen molar-refractivity contribution in [2.75, 3.05) is 13.1 Å². The highest BCUT2D eigenvalue weighted by Gasteiger charge is 2.25. The van der Waals surface area contributed by atoms with Crippen LogP contribution in [0.1, 0.15) is 25.0 Å². The molecular weight excluding hydrogens is 290 g/mol. The van der Waals surface area contributed by atoms with Crippen molar-refractivity contribution in [2.24, 2.45) is 0 Å². The maximum absolute atomic E-state index is 12.5. The molecule has 1 amide bonds. The fourth-order valence-electron chi connectivity index (χ4n) is 2.43. The van der Waals surface area contributed by atoms with Crippen LogP contribution in [-0.4, -0.2) is 33.5 Å². The number of carbonyl (C=O) groups excluding carboxylic acids is 1. The first-order chi connectivity index (χ1) is 9.95. The summed E-state index contributed by atoms with van der Waals surface area (Å²) in [5, 5.41) is 5.82. The van der Waals surface area contributed by atoms with Crippen LogP contribution < -0.4 is 15.4 Å². The molecule has 0 spiro atoms. The van der Waals surface area contributed by atoms with Crippen LogP contribution in [0.4, 0.5) is 0 Å². The van der Waals surface area contributed by atoms with E-state index < -0.39 is 16.1 Å². The summed E-state index contributed by atoms with van der Waals surface area (Å²) in [4.78, 5) is 12.0. The van der Waals surface area contributed by atoms with E-state index in [9.17, 15) is 13.2 Å². The van der Waals surface area contributed by atoms with Gasteiger partial charge in [0.05, 0.1) is 10.9 Å². The largest absolute Gasteiger partial charge is 0.355 e. The molecule has 21 heavy (non-hydrogen) atoms. The number of amides is 1. The lowest BCUT2D eigenvalue weighted by molar-refractivity contribution is -0.122. The van der Waals surface area contributed by atoms with E-state index in [1.165, 1.54) is 0 Å². The summed E-state index contributed by atoms with van der Waals surface area (Å²) < 4.78 is 27.5. The van der Waals surface area contributed by atoms with Gasteiger partial charge in [-0.25, -0.2) is 8.42 Å². The first kappa shape index (κ1) is 15.9. The van der Waals surface area contributed by atoms with E-state index in [0.29, 0.717) is 19.5 Å². The van der Waals surface area contributed by atoms with Crippen molar-refractivity contribution >= 4 is 15.9 Å². The molecule has 0 aromatic heterocycles. The third-order valence-corrected chi connectivity index (χ3v) is 5.09. The number of carbonyl (C=O) groups is 1. The Kier molecular flexibility index (Phi) is 4.97. The molecule has 0 saturated heterocycles. The van der Waals surface area contributed by atoms with Gasteiger partial charge in [-0.3, -0.25) is 4.79 Å². The van der Waals surface area contributed by atoms with Crippen LogP contribution in [-0.2, 0) is 27.8 Å². The molecule has 3 N–H and O–H groups in total. The van der Waals surface area contributed by atoms with Gasteiger partial charge < -0.3 is 10.6 Å².